The Morgan fingerprint density at radius 1 is 0.921 bits per heavy atom. The first-order valence-electron chi connectivity index (χ1n) is 12.1. The number of para-hydroxylation sites is 2. The van der Waals surface area contributed by atoms with Gasteiger partial charge in [-0.1, -0.05) is 36.8 Å². The second-order valence-corrected chi connectivity index (χ2v) is 10.1. The molecule has 3 aromatic carbocycles. The summed E-state index contributed by atoms with van der Waals surface area (Å²) in [5.74, 6) is 0.834. The number of hydrogen-bond acceptors (Lipinski definition) is 7. The molecule has 38 heavy (non-hydrogen) atoms. The van der Waals surface area contributed by atoms with E-state index < -0.39 is 22.5 Å². The summed E-state index contributed by atoms with van der Waals surface area (Å²) in [6, 6.07) is 18.5. The molecule has 9 nitrogen and oxygen atoms in total. The van der Waals surface area contributed by atoms with Crippen LogP contribution in [0.4, 0.5) is 5.69 Å². The molecule has 0 aliphatic rings. The molecule has 0 radical (unpaired) electrons. The zero-order chi connectivity index (χ0) is 27.7. The minimum Gasteiger partial charge on any atom is -0.493 e. The Labute approximate surface area is 224 Å². The summed E-state index contributed by atoms with van der Waals surface area (Å²) in [4.78, 5) is 13.2. The minimum atomic E-state index is -4.11. The fraction of sp³-hybridized carbons (Fsp3) is 0.286. The number of sulfonamides is 1. The highest BCUT2D eigenvalue weighted by Gasteiger charge is 2.29. The quantitative estimate of drug-likeness (QED) is 0.268. The number of anilines is 1. The molecule has 0 bridgehead atoms. The maximum absolute atomic E-state index is 13.7. The number of nitrogens with one attached hydrogen (secondary N) is 1. The number of rotatable bonds is 12. The predicted octanol–water partition coefficient (Wildman–Crippen LogP) is 4.54. The molecule has 0 aromatic heterocycles. The third-order valence-corrected chi connectivity index (χ3v) is 7.47. The van der Waals surface area contributed by atoms with Crippen LogP contribution in [0.25, 0.3) is 0 Å². The second-order valence-electron chi connectivity index (χ2n) is 8.24. The van der Waals surface area contributed by atoms with Crippen LogP contribution < -0.4 is 23.9 Å². The molecular formula is C28H33N3O6S. The number of benzene rings is 3. The monoisotopic (exact) mass is 539 g/mol. The molecule has 1 amide bonds. The number of carbonyl (C=O) groups excluding carboxylic acids is 1. The summed E-state index contributed by atoms with van der Waals surface area (Å²) in [6.07, 6.45) is 0.508. The highest BCUT2D eigenvalue weighted by molar-refractivity contribution is 7.92. The van der Waals surface area contributed by atoms with Crippen molar-refractivity contribution in [3.05, 3.63) is 77.9 Å². The van der Waals surface area contributed by atoms with Crippen molar-refractivity contribution >= 4 is 27.3 Å². The summed E-state index contributed by atoms with van der Waals surface area (Å²) in [5.41, 5.74) is 5.00. The molecule has 0 fully saturated rings. The molecule has 3 aromatic rings. The number of methoxy groups -OCH3 is 2. The molecule has 3 rings (SSSR count). The average molecular weight is 540 g/mol. The molecule has 10 heteroatoms. The van der Waals surface area contributed by atoms with Crippen molar-refractivity contribution in [1.82, 2.24) is 5.43 Å². The van der Waals surface area contributed by atoms with Gasteiger partial charge in [0, 0.05) is 5.56 Å². The SMILES string of the molecule is CCOc1ccccc1N(CC(=O)N/N=C(/CC)c1ccc(OC)c(OC)c1)S(=O)(=O)c1ccc(C)cc1. The van der Waals surface area contributed by atoms with Crippen molar-refractivity contribution in [2.45, 2.75) is 32.1 Å². The van der Waals surface area contributed by atoms with E-state index >= 15 is 0 Å². The van der Waals surface area contributed by atoms with Gasteiger partial charge < -0.3 is 14.2 Å². The number of nitrogens with zero attached hydrogens (tertiary/aromatic N) is 2. The number of hydrogen-bond donors (Lipinski definition) is 1. The maximum Gasteiger partial charge on any atom is 0.264 e. The van der Waals surface area contributed by atoms with Crippen LogP contribution in [-0.2, 0) is 14.8 Å². The van der Waals surface area contributed by atoms with Crippen molar-refractivity contribution in [3.63, 3.8) is 0 Å². The van der Waals surface area contributed by atoms with Crippen LogP contribution in [0.15, 0.2) is 76.7 Å². The summed E-state index contributed by atoms with van der Waals surface area (Å²) < 4.78 is 44.8. The number of amides is 1. The Balaban J connectivity index is 1.94. The van der Waals surface area contributed by atoms with E-state index in [9.17, 15) is 13.2 Å². The highest BCUT2D eigenvalue weighted by atomic mass is 32.2. The van der Waals surface area contributed by atoms with Gasteiger partial charge in [0.25, 0.3) is 15.9 Å². The normalized spacial score (nSPS) is 11.6. The first-order chi connectivity index (χ1) is 18.2. The summed E-state index contributed by atoms with van der Waals surface area (Å²) in [6.45, 7) is 5.39. The van der Waals surface area contributed by atoms with Crippen LogP contribution in [0.1, 0.15) is 31.4 Å². The van der Waals surface area contributed by atoms with E-state index in [0.29, 0.717) is 36.0 Å². The summed E-state index contributed by atoms with van der Waals surface area (Å²) in [7, 11) is -1.02. The van der Waals surface area contributed by atoms with Gasteiger partial charge in [0.1, 0.15) is 12.3 Å². The van der Waals surface area contributed by atoms with Crippen LogP contribution in [-0.4, -0.2) is 47.4 Å². The van der Waals surface area contributed by atoms with Crippen molar-refractivity contribution in [2.24, 2.45) is 5.10 Å². The second kappa shape index (κ2) is 13.0. The van der Waals surface area contributed by atoms with Gasteiger partial charge in [-0.05, 0) is 62.7 Å². The fourth-order valence-corrected chi connectivity index (χ4v) is 5.17. The average Bonchev–Trinajstić information content (AvgIpc) is 2.92. The fourth-order valence-electron chi connectivity index (χ4n) is 3.74. The number of hydrazone groups is 1. The Hall–Kier alpha value is -4.05. The lowest BCUT2D eigenvalue weighted by Gasteiger charge is -2.25. The standard InChI is InChI=1S/C28H33N3O6S/c1-6-23(21-14-17-26(35-4)27(18-21)36-5)29-30-28(32)19-31(24-10-8-9-11-25(24)37-7-2)38(33,34)22-15-12-20(3)13-16-22/h8-18H,6-7,19H2,1-5H3,(H,30,32)/b29-23-. The Morgan fingerprint density at radius 2 is 1.61 bits per heavy atom. The van der Waals surface area contributed by atoms with E-state index in [1.54, 1.807) is 62.6 Å². The molecule has 0 saturated carbocycles. The van der Waals surface area contributed by atoms with Crippen molar-refractivity contribution in [3.8, 4) is 17.2 Å². The maximum atomic E-state index is 13.7. The first kappa shape index (κ1) is 28.5. The molecule has 1 N–H and O–H groups in total. The van der Waals surface area contributed by atoms with Crippen molar-refractivity contribution in [1.29, 1.82) is 0 Å². The third kappa shape index (κ3) is 6.63. The Kier molecular flexibility index (Phi) is 9.72. The van der Waals surface area contributed by atoms with E-state index in [4.69, 9.17) is 14.2 Å². The summed E-state index contributed by atoms with van der Waals surface area (Å²) >= 11 is 0. The first-order valence-corrected chi connectivity index (χ1v) is 13.6. The van der Waals surface area contributed by atoms with E-state index in [2.05, 4.69) is 10.5 Å². The molecule has 0 spiro atoms. The van der Waals surface area contributed by atoms with E-state index in [1.807, 2.05) is 19.9 Å². The number of aryl methyl sites for hydroxylation is 1. The zero-order valence-corrected chi connectivity index (χ0v) is 23.0. The van der Waals surface area contributed by atoms with Crippen LogP contribution in [0.3, 0.4) is 0 Å². The lowest BCUT2D eigenvalue weighted by Crippen LogP contribution is -2.40. The van der Waals surface area contributed by atoms with Gasteiger partial charge in [0.2, 0.25) is 0 Å². The number of carbonyl (C=O) groups is 1. The smallest absolute Gasteiger partial charge is 0.264 e. The van der Waals surface area contributed by atoms with Gasteiger partial charge >= 0.3 is 0 Å². The van der Waals surface area contributed by atoms with Crippen LogP contribution in [0, 0.1) is 6.92 Å². The van der Waals surface area contributed by atoms with Gasteiger partial charge in [-0.25, -0.2) is 13.8 Å². The van der Waals surface area contributed by atoms with Crippen LogP contribution >= 0.6 is 0 Å². The van der Waals surface area contributed by atoms with Crippen molar-refractivity contribution < 1.29 is 27.4 Å². The van der Waals surface area contributed by atoms with Gasteiger partial charge in [0.15, 0.2) is 11.5 Å². The predicted molar refractivity (Wildman–Crippen MR) is 148 cm³/mol. The molecule has 0 aliphatic heterocycles. The van der Waals surface area contributed by atoms with Crippen molar-refractivity contribution in [2.75, 3.05) is 31.7 Å². The number of ether oxygens (including phenoxy) is 3. The van der Waals surface area contributed by atoms with E-state index in [1.165, 1.54) is 19.2 Å². The lowest BCUT2D eigenvalue weighted by atomic mass is 10.1. The lowest BCUT2D eigenvalue weighted by molar-refractivity contribution is -0.119. The highest BCUT2D eigenvalue weighted by Crippen LogP contribution is 2.32. The van der Waals surface area contributed by atoms with Crippen LogP contribution in [0.2, 0.25) is 0 Å². The van der Waals surface area contributed by atoms with E-state index in [0.717, 1.165) is 15.4 Å². The minimum absolute atomic E-state index is 0.0604. The molecular weight excluding hydrogens is 506 g/mol. The summed E-state index contributed by atoms with van der Waals surface area (Å²) in [5, 5.41) is 4.28. The van der Waals surface area contributed by atoms with Gasteiger partial charge in [0.05, 0.1) is 37.1 Å². The molecule has 0 aliphatic carbocycles. The molecule has 0 saturated heterocycles. The van der Waals surface area contributed by atoms with Gasteiger partial charge in [-0.3, -0.25) is 9.10 Å². The molecule has 0 heterocycles. The Bertz CT molecular complexity index is 1390. The Morgan fingerprint density at radius 3 is 2.24 bits per heavy atom. The van der Waals surface area contributed by atoms with Gasteiger partial charge in [-0.15, -0.1) is 0 Å². The molecule has 202 valence electrons. The molecule has 0 unspecified atom stereocenters. The third-order valence-electron chi connectivity index (χ3n) is 5.70. The van der Waals surface area contributed by atoms with E-state index in [-0.39, 0.29) is 10.6 Å². The zero-order valence-electron chi connectivity index (χ0n) is 22.2. The largest absolute Gasteiger partial charge is 0.493 e. The van der Waals surface area contributed by atoms with Gasteiger partial charge in [-0.2, -0.15) is 5.10 Å². The topological polar surface area (TPSA) is 107 Å². The molecule has 0 atom stereocenters. The van der Waals surface area contributed by atoms with Crippen LogP contribution in [0.5, 0.6) is 17.2 Å².